The number of hydrogen-bond donors (Lipinski definition) is 1. The van der Waals surface area contributed by atoms with Gasteiger partial charge < -0.3 is 9.73 Å². The predicted octanol–water partition coefficient (Wildman–Crippen LogP) is 4.37. The van der Waals surface area contributed by atoms with Crippen molar-refractivity contribution in [2.75, 3.05) is 6.54 Å². The van der Waals surface area contributed by atoms with Crippen LogP contribution >= 0.6 is 0 Å². The third kappa shape index (κ3) is 4.16. The lowest BCUT2D eigenvalue weighted by molar-refractivity contribution is -0.293. The molecule has 20 heavy (non-hydrogen) atoms. The number of aryl methyl sites for hydroxylation is 1. The van der Waals surface area contributed by atoms with Crippen LogP contribution in [0, 0.1) is 12.8 Å². The van der Waals surface area contributed by atoms with Crippen LogP contribution in [0.2, 0.25) is 0 Å². The van der Waals surface area contributed by atoms with Crippen LogP contribution in [0.5, 0.6) is 0 Å². The van der Waals surface area contributed by atoms with E-state index in [4.69, 9.17) is 4.42 Å². The predicted molar refractivity (Wildman–Crippen MR) is 60.1 cm³/mol. The summed E-state index contributed by atoms with van der Waals surface area (Å²) in [6.07, 6.45) is -10.4. The van der Waals surface area contributed by atoms with E-state index in [1.165, 1.54) is 13.0 Å². The fraction of sp³-hybridized carbons (Fsp3) is 0.667. The summed E-state index contributed by atoms with van der Waals surface area (Å²) in [5, 5.41) is 2.28. The zero-order valence-electron chi connectivity index (χ0n) is 10.9. The second-order valence-corrected chi connectivity index (χ2v) is 4.44. The minimum absolute atomic E-state index is 0.0209. The summed E-state index contributed by atoms with van der Waals surface area (Å²) in [5.41, 5.74) is 0. The summed E-state index contributed by atoms with van der Waals surface area (Å²) in [5.74, 6) is -3.62. The molecule has 0 saturated heterocycles. The molecule has 1 atom stereocenters. The average molecular weight is 303 g/mol. The van der Waals surface area contributed by atoms with Crippen molar-refractivity contribution in [3.63, 3.8) is 0 Å². The smallest absolute Gasteiger partial charge is 0.402 e. The van der Waals surface area contributed by atoms with Crippen molar-refractivity contribution in [1.29, 1.82) is 0 Å². The monoisotopic (exact) mass is 303 g/mol. The molecular formula is C12H15F6NO. The first-order valence-electron chi connectivity index (χ1n) is 6.00. The molecule has 1 rings (SSSR count). The van der Waals surface area contributed by atoms with Gasteiger partial charge in [0.15, 0.2) is 5.92 Å². The van der Waals surface area contributed by atoms with Crippen molar-refractivity contribution in [2.45, 2.75) is 38.7 Å². The summed E-state index contributed by atoms with van der Waals surface area (Å²) < 4.78 is 81.7. The Hall–Kier alpha value is -1.18. The molecule has 0 fully saturated rings. The number of rotatable bonds is 5. The van der Waals surface area contributed by atoms with Gasteiger partial charge in [-0.15, -0.1) is 0 Å². The number of furan rings is 1. The van der Waals surface area contributed by atoms with Gasteiger partial charge in [0.2, 0.25) is 0 Å². The summed E-state index contributed by atoms with van der Waals surface area (Å²) in [6, 6.07) is 0.482. The summed E-state index contributed by atoms with van der Waals surface area (Å²) in [7, 11) is 0. The van der Waals surface area contributed by atoms with Crippen LogP contribution in [0.1, 0.15) is 30.9 Å². The Morgan fingerprint density at radius 1 is 1.10 bits per heavy atom. The molecule has 0 aromatic carbocycles. The normalized spacial score (nSPS) is 14.8. The zero-order chi connectivity index (χ0) is 15.6. The highest BCUT2D eigenvalue weighted by atomic mass is 19.4. The van der Waals surface area contributed by atoms with Crippen LogP contribution in [-0.2, 0) is 0 Å². The lowest BCUT2D eigenvalue weighted by atomic mass is 9.96. The molecule has 1 N–H and O–H groups in total. The van der Waals surface area contributed by atoms with E-state index < -0.39 is 24.3 Å². The van der Waals surface area contributed by atoms with E-state index in [2.05, 4.69) is 5.32 Å². The average Bonchev–Trinajstić information content (AvgIpc) is 2.67. The van der Waals surface area contributed by atoms with Crippen molar-refractivity contribution in [3.8, 4) is 0 Å². The van der Waals surface area contributed by atoms with E-state index in [0.29, 0.717) is 6.42 Å². The van der Waals surface area contributed by atoms with Gasteiger partial charge in [0.05, 0.1) is 6.04 Å². The molecule has 1 aromatic heterocycles. The number of hydrogen-bond acceptors (Lipinski definition) is 2. The van der Waals surface area contributed by atoms with E-state index >= 15 is 0 Å². The number of nitrogens with one attached hydrogen (secondary N) is 1. The van der Waals surface area contributed by atoms with Gasteiger partial charge in [-0.2, -0.15) is 26.3 Å². The standard InChI is InChI=1S/C12H15F6NO/c1-3-6-19-9(8-5-4-7(2)20-8)10(11(13,14)15)12(16,17)18/h4-5,9-10,19H,3,6H2,1-2H3. The highest BCUT2D eigenvalue weighted by Crippen LogP contribution is 2.46. The molecule has 116 valence electrons. The summed E-state index contributed by atoms with van der Waals surface area (Å²) in [6.45, 7) is 3.12. The lowest BCUT2D eigenvalue weighted by Crippen LogP contribution is -2.46. The van der Waals surface area contributed by atoms with Crippen LogP contribution in [0.15, 0.2) is 16.5 Å². The van der Waals surface area contributed by atoms with Crippen LogP contribution in [0.3, 0.4) is 0 Å². The molecular weight excluding hydrogens is 288 g/mol. The van der Waals surface area contributed by atoms with Gasteiger partial charge >= 0.3 is 12.4 Å². The van der Waals surface area contributed by atoms with E-state index in [0.717, 1.165) is 6.07 Å². The first kappa shape index (κ1) is 16.9. The highest BCUT2D eigenvalue weighted by molar-refractivity contribution is 5.12. The van der Waals surface area contributed by atoms with Crippen molar-refractivity contribution < 1.29 is 30.8 Å². The number of alkyl halides is 6. The van der Waals surface area contributed by atoms with Gasteiger partial charge in [-0.3, -0.25) is 0 Å². The molecule has 1 heterocycles. The maximum atomic E-state index is 12.8. The zero-order valence-corrected chi connectivity index (χ0v) is 10.9. The Morgan fingerprint density at radius 3 is 2.00 bits per heavy atom. The fourth-order valence-corrected chi connectivity index (χ4v) is 1.87. The fourth-order valence-electron chi connectivity index (χ4n) is 1.87. The lowest BCUT2D eigenvalue weighted by Gasteiger charge is -2.30. The van der Waals surface area contributed by atoms with Crippen LogP contribution in [-0.4, -0.2) is 18.9 Å². The molecule has 0 bridgehead atoms. The molecule has 8 heteroatoms. The van der Waals surface area contributed by atoms with Gasteiger partial charge in [0, 0.05) is 0 Å². The van der Waals surface area contributed by atoms with Crippen LogP contribution in [0.4, 0.5) is 26.3 Å². The van der Waals surface area contributed by atoms with Gasteiger partial charge in [-0.05, 0) is 32.0 Å². The molecule has 0 aliphatic carbocycles. The van der Waals surface area contributed by atoms with E-state index in [9.17, 15) is 26.3 Å². The molecule has 1 unspecified atom stereocenters. The van der Waals surface area contributed by atoms with Crippen molar-refractivity contribution in [3.05, 3.63) is 23.7 Å². The molecule has 0 aliphatic rings. The Labute approximate surface area is 112 Å². The van der Waals surface area contributed by atoms with E-state index in [1.807, 2.05) is 0 Å². The maximum absolute atomic E-state index is 12.8. The third-order valence-corrected chi connectivity index (χ3v) is 2.72. The van der Waals surface area contributed by atoms with Crippen LogP contribution < -0.4 is 5.32 Å². The number of halogens is 6. The van der Waals surface area contributed by atoms with Crippen LogP contribution in [0.25, 0.3) is 0 Å². The Balaban J connectivity index is 3.18. The van der Waals surface area contributed by atoms with E-state index in [-0.39, 0.29) is 18.1 Å². The first-order valence-corrected chi connectivity index (χ1v) is 6.00. The van der Waals surface area contributed by atoms with Gasteiger partial charge in [-0.1, -0.05) is 6.92 Å². The van der Waals surface area contributed by atoms with Gasteiger partial charge in [0.25, 0.3) is 0 Å². The first-order chi connectivity index (χ1) is 9.07. The largest absolute Gasteiger partial charge is 0.465 e. The molecule has 0 radical (unpaired) electrons. The third-order valence-electron chi connectivity index (χ3n) is 2.72. The Kier molecular flexibility index (Phi) is 5.12. The Bertz CT molecular complexity index is 408. The van der Waals surface area contributed by atoms with Gasteiger partial charge in [-0.25, -0.2) is 0 Å². The SMILES string of the molecule is CCCNC(c1ccc(C)o1)C(C(F)(F)F)C(F)(F)F. The molecule has 0 amide bonds. The highest BCUT2D eigenvalue weighted by Gasteiger charge is 2.61. The van der Waals surface area contributed by atoms with Gasteiger partial charge in [0.1, 0.15) is 11.5 Å². The minimum Gasteiger partial charge on any atom is -0.465 e. The summed E-state index contributed by atoms with van der Waals surface area (Å²) in [4.78, 5) is 0. The second kappa shape index (κ2) is 6.07. The minimum atomic E-state index is -5.41. The van der Waals surface area contributed by atoms with E-state index in [1.54, 1.807) is 6.92 Å². The van der Waals surface area contributed by atoms with Crippen molar-refractivity contribution >= 4 is 0 Å². The molecule has 2 nitrogen and oxygen atoms in total. The molecule has 0 spiro atoms. The Morgan fingerprint density at radius 2 is 1.65 bits per heavy atom. The second-order valence-electron chi connectivity index (χ2n) is 4.44. The topological polar surface area (TPSA) is 25.2 Å². The maximum Gasteiger partial charge on any atom is 0.402 e. The molecule has 0 saturated carbocycles. The molecule has 1 aromatic rings. The quantitative estimate of drug-likeness (QED) is 0.817. The summed E-state index contributed by atoms with van der Waals surface area (Å²) >= 11 is 0. The molecule has 0 aliphatic heterocycles. The van der Waals surface area contributed by atoms with Crippen molar-refractivity contribution in [1.82, 2.24) is 5.32 Å². The van der Waals surface area contributed by atoms with Crippen molar-refractivity contribution in [2.24, 2.45) is 5.92 Å².